The fourth-order valence-electron chi connectivity index (χ4n) is 3.51. The van der Waals surface area contributed by atoms with Crippen molar-refractivity contribution in [2.24, 2.45) is 0 Å². The summed E-state index contributed by atoms with van der Waals surface area (Å²) >= 11 is 11.5. The summed E-state index contributed by atoms with van der Waals surface area (Å²) in [4.78, 5) is 15.1. The Balaban J connectivity index is 2.60. The number of carboxylic acids is 1. The first-order valence-electron chi connectivity index (χ1n) is 8.82. The maximum atomic E-state index is 14.0. The average Bonchev–Trinajstić information content (AvgIpc) is 2.59. The molecule has 1 unspecified atom stereocenters. The van der Waals surface area contributed by atoms with E-state index in [1.54, 1.807) is 0 Å². The Kier molecular flexibility index (Phi) is 7.14. The maximum absolute atomic E-state index is 14.0. The number of alkyl halides is 3. The lowest BCUT2D eigenvalue weighted by molar-refractivity contribution is -0.266. The van der Waals surface area contributed by atoms with Crippen molar-refractivity contribution in [3.8, 4) is 5.75 Å². The molecule has 2 rings (SSSR count). The van der Waals surface area contributed by atoms with Crippen molar-refractivity contribution in [2.75, 3.05) is 7.11 Å². The van der Waals surface area contributed by atoms with Crippen LogP contribution >= 0.6 is 23.2 Å². The van der Waals surface area contributed by atoms with Crippen LogP contribution < -0.4 is 4.74 Å². The largest absolute Gasteiger partial charge is 0.496 e. The minimum atomic E-state index is -5.18. The molecule has 0 saturated heterocycles. The summed E-state index contributed by atoms with van der Waals surface area (Å²) in [5, 5.41) is 19.2. The van der Waals surface area contributed by atoms with E-state index in [4.69, 9.17) is 27.9 Å². The van der Waals surface area contributed by atoms with E-state index in [9.17, 15) is 32.6 Å². The van der Waals surface area contributed by atoms with Gasteiger partial charge in [-0.3, -0.25) is 0 Å². The molecule has 1 heterocycles. The van der Waals surface area contributed by atoms with Gasteiger partial charge in [0.15, 0.2) is 5.60 Å². The van der Waals surface area contributed by atoms with Crippen molar-refractivity contribution in [1.82, 2.24) is 4.98 Å². The lowest BCUT2D eigenvalue weighted by Crippen LogP contribution is -2.51. The standard InChI is InChI=1S/C20H19Cl2F4NO4/c1-18(2,12-7-11(23)4-5-13(12)31-3)9-19(30,20(24,25)26)8-10-6-14(21)27-16(22)15(10)17(28)29/h4-7,30H,8-9H2,1-3H3,(H,28,29). The van der Waals surface area contributed by atoms with E-state index in [0.29, 0.717) is 0 Å². The van der Waals surface area contributed by atoms with Gasteiger partial charge in [0.05, 0.1) is 7.11 Å². The quantitative estimate of drug-likeness (QED) is 0.405. The number of carboxylic acid groups (broad SMARTS) is 1. The van der Waals surface area contributed by atoms with Crippen molar-refractivity contribution in [3.05, 3.63) is 57.1 Å². The summed E-state index contributed by atoms with van der Waals surface area (Å²) in [6, 6.07) is 4.29. The molecule has 0 amide bonds. The predicted molar refractivity (Wildman–Crippen MR) is 107 cm³/mol. The summed E-state index contributed by atoms with van der Waals surface area (Å²) in [5.74, 6) is -2.18. The van der Waals surface area contributed by atoms with E-state index in [1.807, 2.05) is 0 Å². The average molecular weight is 484 g/mol. The number of nitrogens with zero attached hydrogens (tertiary/aromatic N) is 1. The Hall–Kier alpha value is -2.10. The number of hydrogen-bond acceptors (Lipinski definition) is 4. The SMILES string of the molecule is COc1ccc(F)cc1C(C)(C)CC(O)(Cc1cc(Cl)nc(Cl)c1C(=O)O)C(F)(F)F. The zero-order valence-electron chi connectivity index (χ0n) is 16.6. The molecule has 0 fully saturated rings. The van der Waals surface area contributed by atoms with Crippen LogP contribution in [0.25, 0.3) is 0 Å². The van der Waals surface area contributed by atoms with Crippen molar-refractivity contribution in [1.29, 1.82) is 0 Å². The summed E-state index contributed by atoms with van der Waals surface area (Å²) in [7, 11) is 1.28. The number of halogens is 6. The zero-order chi connectivity index (χ0) is 23.8. The third-order valence-corrected chi connectivity index (χ3v) is 5.34. The highest BCUT2D eigenvalue weighted by Gasteiger charge is 2.56. The number of carbonyl (C=O) groups is 1. The molecular formula is C20H19Cl2F4NO4. The van der Waals surface area contributed by atoms with Gasteiger partial charge in [0.25, 0.3) is 0 Å². The van der Waals surface area contributed by atoms with Crippen LogP contribution in [0.4, 0.5) is 17.6 Å². The second kappa shape index (κ2) is 8.80. The molecule has 0 aliphatic carbocycles. The molecular weight excluding hydrogens is 465 g/mol. The molecule has 0 bridgehead atoms. The summed E-state index contributed by atoms with van der Waals surface area (Å²) in [6.07, 6.45) is -7.29. The number of aromatic nitrogens is 1. The first-order chi connectivity index (χ1) is 14.1. The fraction of sp³-hybridized carbons (Fsp3) is 0.400. The third kappa shape index (κ3) is 5.39. The van der Waals surface area contributed by atoms with Gasteiger partial charge in [-0.1, -0.05) is 37.0 Å². The number of aliphatic hydroxyl groups is 1. The van der Waals surface area contributed by atoms with Crippen molar-refractivity contribution < 1.29 is 37.3 Å². The molecule has 170 valence electrons. The van der Waals surface area contributed by atoms with Gasteiger partial charge in [-0.25, -0.2) is 14.2 Å². The third-order valence-electron chi connectivity index (χ3n) is 4.88. The van der Waals surface area contributed by atoms with Crippen LogP contribution in [0.5, 0.6) is 5.75 Å². The van der Waals surface area contributed by atoms with Crippen molar-refractivity contribution in [2.45, 2.75) is 43.9 Å². The zero-order valence-corrected chi connectivity index (χ0v) is 18.2. The Labute approximate surface area is 185 Å². The van der Waals surface area contributed by atoms with Gasteiger partial charge in [0.2, 0.25) is 0 Å². The molecule has 1 aromatic heterocycles. The molecule has 0 radical (unpaired) electrons. The molecule has 0 aliphatic heterocycles. The van der Waals surface area contributed by atoms with Crippen LogP contribution in [-0.4, -0.2) is 40.1 Å². The van der Waals surface area contributed by atoms with Crippen molar-refractivity contribution >= 4 is 29.2 Å². The lowest BCUT2D eigenvalue weighted by atomic mass is 9.72. The monoisotopic (exact) mass is 483 g/mol. The maximum Gasteiger partial charge on any atom is 0.417 e. The minimum Gasteiger partial charge on any atom is -0.496 e. The van der Waals surface area contributed by atoms with Crippen LogP contribution in [0.2, 0.25) is 10.3 Å². The van der Waals surface area contributed by atoms with Gasteiger partial charge in [0, 0.05) is 12.0 Å². The molecule has 5 nitrogen and oxygen atoms in total. The highest BCUT2D eigenvalue weighted by Crippen LogP contribution is 2.45. The smallest absolute Gasteiger partial charge is 0.417 e. The van der Waals surface area contributed by atoms with Crippen LogP contribution in [-0.2, 0) is 11.8 Å². The number of hydrogen-bond donors (Lipinski definition) is 2. The highest BCUT2D eigenvalue weighted by atomic mass is 35.5. The first kappa shape index (κ1) is 25.2. The molecule has 0 aliphatic rings. The molecule has 2 aromatic rings. The van der Waals surface area contributed by atoms with E-state index >= 15 is 0 Å². The van der Waals surface area contributed by atoms with Gasteiger partial charge in [0.1, 0.15) is 27.4 Å². The Morgan fingerprint density at radius 3 is 2.32 bits per heavy atom. The summed E-state index contributed by atoms with van der Waals surface area (Å²) < 4.78 is 61.1. The number of aromatic carboxylic acids is 1. The molecule has 31 heavy (non-hydrogen) atoms. The van der Waals surface area contributed by atoms with E-state index in [-0.39, 0.29) is 16.5 Å². The van der Waals surface area contributed by atoms with Gasteiger partial charge >= 0.3 is 12.1 Å². The highest BCUT2D eigenvalue weighted by molar-refractivity contribution is 6.34. The van der Waals surface area contributed by atoms with Gasteiger partial charge in [-0.05, 0) is 41.7 Å². The van der Waals surface area contributed by atoms with Gasteiger partial charge < -0.3 is 14.9 Å². The number of methoxy groups -OCH3 is 1. The van der Waals surface area contributed by atoms with Crippen LogP contribution in [0.1, 0.15) is 41.8 Å². The Bertz CT molecular complexity index is 998. The van der Waals surface area contributed by atoms with Gasteiger partial charge in [-0.15, -0.1) is 0 Å². The molecule has 0 saturated carbocycles. The number of rotatable bonds is 7. The van der Waals surface area contributed by atoms with E-state index in [0.717, 1.165) is 18.2 Å². The molecule has 11 heteroatoms. The van der Waals surface area contributed by atoms with Crippen LogP contribution in [0, 0.1) is 5.82 Å². The Morgan fingerprint density at radius 2 is 1.81 bits per heavy atom. The minimum absolute atomic E-state index is 0.0990. The fourth-order valence-corrected chi connectivity index (χ4v) is 4.06. The van der Waals surface area contributed by atoms with E-state index < -0.39 is 58.1 Å². The number of pyridine rings is 1. The normalized spacial score (nSPS) is 14.3. The summed E-state index contributed by atoms with van der Waals surface area (Å²) in [5.41, 5.74) is -5.90. The van der Waals surface area contributed by atoms with Crippen LogP contribution in [0.3, 0.4) is 0 Å². The topological polar surface area (TPSA) is 79.7 Å². The molecule has 1 aromatic carbocycles. The first-order valence-corrected chi connectivity index (χ1v) is 9.58. The molecule has 1 atom stereocenters. The molecule has 2 N–H and O–H groups in total. The molecule has 0 spiro atoms. The van der Waals surface area contributed by atoms with E-state index in [2.05, 4.69) is 4.98 Å². The van der Waals surface area contributed by atoms with Crippen LogP contribution in [0.15, 0.2) is 24.3 Å². The van der Waals surface area contributed by atoms with Gasteiger partial charge in [-0.2, -0.15) is 13.2 Å². The Morgan fingerprint density at radius 1 is 1.19 bits per heavy atom. The van der Waals surface area contributed by atoms with Crippen molar-refractivity contribution in [3.63, 3.8) is 0 Å². The summed E-state index contributed by atoms with van der Waals surface area (Å²) in [6.45, 7) is 2.76. The lowest BCUT2D eigenvalue weighted by Gasteiger charge is -2.38. The second-order valence-electron chi connectivity index (χ2n) is 7.69. The second-order valence-corrected chi connectivity index (χ2v) is 8.43. The number of benzene rings is 1. The van der Waals surface area contributed by atoms with E-state index in [1.165, 1.54) is 27.0 Å². The predicted octanol–water partition coefficient (Wildman–Crippen LogP) is 5.44. The number of ether oxygens (including phenoxy) is 1.